The summed E-state index contributed by atoms with van der Waals surface area (Å²) in [4.78, 5) is 2.58. The van der Waals surface area contributed by atoms with Crippen molar-refractivity contribution >= 4 is 87.3 Å². The SMILES string of the molecule is C1=CC2=[N+](c3ccc4c(c3)c3ccccc3n4-c3ccccc3)c3ccccc3N3c4ccc5c(sc6ccccc65)c4C(=C1)C23. The summed E-state index contributed by atoms with van der Waals surface area (Å²) in [5.74, 6) is 0. The lowest BCUT2D eigenvalue weighted by Crippen LogP contribution is -2.43. The molecule has 0 saturated carbocycles. The molecule has 0 saturated heterocycles. The second-order valence-electron chi connectivity index (χ2n) is 12.3. The van der Waals surface area contributed by atoms with Gasteiger partial charge in [0.2, 0.25) is 17.1 Å². The van der Waals surface area contributed by atoms with E-state index in [1.54, 1.807) is 0 Å². The highest BCUT2D eigenvalue weighted by atomic mass is 32.1. The maximum atomic E-state index is 2.58. The van der Waals surface area contributed by atoms with E-state index in [4.69, 9.17) is 0 Å². The van der Waals surface area contributed by atoms with Crippen molar-refractivity contribution in [1.82, 2.24) is 9.14 Å². The fourth-order valence-electron chi connectivity index (χ4n) is 8.19. The molecule has 8 aromatic rings. The predicted octanol–water partition coefficient (Wildman–Crippen LogP) is 10.9. The number of nitrogens with zero attached hydrogens (tertiary/aromatic N) is 3. The van der Waals surface area contributed by atoms with Crippen LogP contribution in [0.2, 0.25) is 0 Å². The second kappa shape index (κ2) is 8.94. The molecule has 0 N–H and O–H groups in total. The van der Waals surface area contributed by atoms with Crippen LogP contribution in [0.4, 0.5) is 22.7 Å². The van der Waals surface area contributed by atoms with Crippen LogP contribution in [-0.4, -0.2) is 16.3 Å². The third-order valence-electron chi connectivity index (χ3n) is 10.0. The molecule has 2 aromatic heterocycles. The first-order chi connectivity index (χ1) is 22.8. The monoisotopic (exact) mass is 604 g/mol. The maximum Gasteiger partial charge on any atom is 0.235 e. The van der Waals surface area contributed by atoms with Crippen LogP contribution in [0.5, 0.6) is 0 Å². The number of aromatic nitrogens is 1. The van der Waals surface area contributed by atoms with Gasteiger partial charge < -0.3 is 9.47 Å². The molecule has 1 atom stereocenters. The Hall–Kier alpha value is -5.71. The molecule has 2 aliphatic heterocycles. The first-order valence-electron chi connectivity index (χ1n) is 15.8. The van der Waals surface area contributed by atoms with Gasteiger partial charge in [-0.3, -0.25) is 0 Å². The highest BCUT2D eigenvalue weighted by Gasteiger charge is 2.49. The second-order valence-corrected chi connectivity index (χ2v) is 13.4. The van der Waals surface area contributed by atoms with Crippen molar-refractivity contribution in [2.75, 3.05) is 4.90 Å². The molecule has 3 nitrogen and oxygen atoms in total. The Labute approximate surface area is 269 Å². The number of hydrogen-bond donors (Lipinski definition) is 0. The van der Waals surface area contributed by atoms with Crippen LogP contribution in [-0.2, 0) is 0 Å². The van der Waals surface area contributed by atoms with Gasteiger partial charge in [-0.05, 0) is 48.0 Å². The smallest absolute Gasteiger partial charge is 0.235 e. The standard InChI is InChI=1S/C42H26N3S/c1-2-11-26(12-3-1)43-33-16-6-4-13-28(33)32-25-27(21-23-34(32)43)44-35-17-7-8-18-36(35)45-37-24-22-30-29-14-5-9-20-39(29)46-42(30)40(37)31-15-10-19-38(44)41(31)45/h1-25,41H/q+1. The van der Waals surface area contributed by atoms with Gasteiger partial charge in [-0.2, -0.15) is 4.58 Å². The van der Waals surface area contributed by atoms with Crippen LogP contribution in [0.1, 0.15) is 5.56 Å². The average molecular weight is 605 g/mol. The lowest BCUT2D eigenvalue weighted by Gasteiger charge is -2.32. The summed E-state index contributed by atoms with van der Waals surface area (Å²) in [6.45, 7) is 0. The molecule has 1 unspecified atom stereocenters. The van der Waals surface area contributed by atoms with Gasteiger partial charge in [0, 0.05) is 66.5 Å². The number of thiophene rings is 1. The van der Waals surface area contributed by atoms with Gasteiger partial charge in [0.05, 0.1) is 16.7 Å². The van der Waals surface area contributed by atoms with Crippen LogP contribution in [0.15, 0.2) is 152 Å². The van der Waals surface area contributed by atoms with E-state index < -0.39 is 0 Å². The van der Waals surface area contributed by atoms with E-state index in [2.05, 4.69) is 166 Å². The molecule has 0 spiro atoms. The molecule has 4 heteroatoms. The van der Waals surface area contributed by atoms with E-state index in [9.17, 15) is 0 Å². The highest BCUT2D eigenvalue weighted by Crippen LogP contribution is 2.55. The van der Waals surface area contributed by atoms with Gasteiger partial charge in [-0.1, -0.05) is 84.9 Å². The molecular weight excluding hydrogens is 579 g/mol. The summed E-state index contributed by atoms with van der Waals surface area (Å²) in [6, 6.07) is 49.0. The number of hydrogen-bond acceptors (Lipinski definition) is 2. The van der Waals surface area contributed by atoms with Crippen LogP contribution >= 0.6 is 11.3 Å². The van der Waals surface area contributed by atoms with E-state index in [1.165, 1.54) is 87.3 Å². The topological polar surface area (TPSA) is 11.2 Å². The summed E-state index contributed by atoms with van der Waals surface area (Å²) >= 11 is 1.92. The van der Waals surface area contributed by atoms with E-state index in [0.717, 1.165) is 0 Å². The summed E-state index contributed by atoms with van der Waals surface area (Å²) in [5, 5.41) is 5.22. The molecule has 214 valence electrons. The number of rotatable bonds is 2. The van der Waals surface area contributed by atoms with Gasteiger partial charge in [-0.25, -0.2) is 0 Å². The van der Waals surface area contributed by atoms with Crippen LogP contribution in [0.3, 0.4) is 0 Å². The molecule has 46 heavy (non-hydrogen) atoms. The van der Waals surface area contributed by atoms with Crippen LogP contribution in [0.25, 0.3) is 53.2 Å². The van der Waals surface area contributed by atoms with Crippen molar-refractivity contribution in [3.63, 3.8) is 0 Å². The molecule has 11 rings (SSSR count). The Morgan fingerprint density at radius 2 is 1.39 bits per heavy atom. The predicted molar refractivity (Wildman–Crippen MR) is 196 cm³/mol. The zero-order chi connectivity index (χ0) is 29.9. The molecule has 0 radical (unpaired) electrons. The molecular formula is C42H26N3S+. The summed E-state index contributed by atoms with van der Waals surface area (Å²) in [7, 11) is 0. The van der Waals surface area contributed by atoms with Crippen molar-refractivity contribution < 1.29 is 0 Å². The van der Waals surface area contributed by atoms with Crippen molar-refractivity contribution in [3.8, 4) is 5.69 Å². The highest BCUT2D eigenvalue weighted by molar-refractivity contribution is 7.26. The molecule has 0 bridgehead atoms. The Kier molecular flexibility index (Phi) is 4.78. The quantitative estimate of drug-likeness (QED) is 0.179. The Bertz CT molecular complexity index is 2700. The van der Waals surface area contributed by atoms with Crippen molar-refractivity contribution in [3.05, 3.63) is 157 Å². The Morgan fingerprint density at radius 3 is 2.33 bits per heavy atom. The van der Waals surface area contributed by atoms with E-state index >= 15 is 0 Å². The number of benzene rings is 6. The van der Waals surface area contributed by atoms with Gasteiger partial charge in [0.15, 0.2) is 0 Å². The van der Waals surface area contributed by atoms with Crippen LogP contribution in [0, 0.1) is 0 Å². The minimum Gasteiger partial charge on any atom is -0.318 e. The first-order valence-corrected chi connectivity index (χ1v) is 16.6. The molecule has 1 aliphatic carbocycles. The van der Waals surface area contributed by atoms with Gasteiger partial charge in [0.1, 0.15) is 11.7 Å². The van der Waals surface area contributed by atoms with Crippen LogP contribution < -0.4 is 9.48 Å². The summed E-state index contributed by atoms with van der Waals surface area (Å²) < 4.78 is 7.62. The number of allylic oxidation sites excluding steroid dienone is 2. The largest absolute Gasteiger partial charge is 0.318 e. The van der Waals surface area contributed by atoms with E-state index in [0.29, 0.717) is 0 Å². The maximum absolute atomic E-state index is 2.58. The van der Waals surface area contributed by atoms with Crippen molar-refractivity contribution in [2.45, 2.75) is 6.04 Å². The molecule has 0 amide bonds. The third-order valence-corrected chi connectivity index (χ3v) is 11.2. The molecule has 0 fully saturated rings. The van der Waals surface area contributed by atoms with E-state index in [-0.39, 0.29) is 6.04 Å². The average Bonchev–Trinajstić information content (AvgIpc) is 3.77. The van der Waals surface area contributed by atoms with Gasteiger partial charge in [0.25, 0.3) is 0 Å². The molecule has 4 heterocycles. The Morgan fingerprint density at radius 1 is 0.609 bits per heavy atom. The minimum atomic E-state index is 0.104. The summed E-state index contributed by atoms with van der Waals surface area (Å²) in [6.07, 6.45) is 6.92. The van der Waals surface area contributed by atoms with E-state index in [1.807, 2.05) is 11.3 Å². The number of anilines is 2. The lowest BCUT2D eigenvalue weighted by atomic mass is 9.91. The van der Waals surface area contributed by atoms with Crippen molar-refractivity contribution in [1.29, 1.82) is 0 Å². The zero-order valence-electron chi connectivity index (χ0n) is 24.8. The fourth-order valence-corrected chi connectivity index (χ4v) is 9.45. The first kappa shape index (κ1) is 24.6. The third kappa shape index (κ3) is 3.09. The van der Waals surface area contributed by atoms with Crippen molar-refractivity contribution in [2.24, 2.45) is 0 Å². The molecule has 6 aromatic carbocycles. The van der Waals surface area contributed by atoms with Gasteiger partial charge in [-0.15, -0.1) is 11.3 Å². The number of para-hydroxylation sites is 4. The minimum absolute atomic E-state index is 0.104. The van der Waals surface area contributed by atoms with Gasteiger partial charge >= 0.3 is 0 Å². The Balaban J connectivity index is 1.18. The summed E-state index contributed by atoms with van der Waals surface area (Å²) in [5.41, 5.74) is 12.6. The lowest BCUT2D eigenvalue weighted by molar-refractivity contribution is 0.932. The number of fused-ring (bicyclic) bond motifs is 12. The molecule has 3 aliphatic rings. The fraction of sp³-hybridized carbons (Fsp3) is 0.0238. The normalized spacial score (nSPS) is 16.4. The zero-order valence-corrected chi connectivity index (χ0v) is 25.6.